The summed E-state index contributed by atoms with van der Waals surface area (Å²) < 4.78 is 13.6. The standard InChI is InChI=1S/C12H12FN3S2/c13-8-2-1-3-9(11(8)12(14)17)15-5-4-10-16-6-7-18-10/h1-3,6-7,15H,4-5H2,(H2,14,17). The minimum absolute atomic E-state index is 0.0600. The number of rotatable bonds is 5. The Bertz CT molecular complexity index is 540. The molecule has 0 saturated heterocycles. The third-order valence-corrected chi connectivity index (χ3v) is 3.44. The van der Waals surface area contributed by atoms with Gasteiger partial charge in [0.15, 0.2) is 0 Å². The molecule has 0 unspecified atom stereocenters. The van der Waals surface area contributed by atoms with Gasteiger partial charge in [-0.25, -0.2) is 9.37 Å². The van der Waals surface area contributed by atoms with Crippen molar-refractivity contribution in [3.05, 3.63) is 46.2 Å². The summed E-state index contributed by atoms with van der Waals surface area (Å²) in [5.74, 6) is -0.401. The van der Waals surface area contributed by atoms with E-state index in [1.165, 1.54) is 6.07 Å². The molecule has 18 heavy (non-hydrogen) atoms. The SMILES string of the molecule is NC(=S)c1c(F)cccc1NCCc1nccs1. The Labute approximate surface area is 114 Å². The van der Waals surface area contributed by atoms with Crippen LogP contribution >= 0.6 is 23.6 Å². The second-order valence-electron chi connectivity index (χ2n) is 3.63. The first-order valence-corrected chi connectivity index (χ1v) is 6.68. The van der Waals surface area contributed by atoms with E-state index < -0.39 is 5.82 Å². The average molecular weight is 281 g/mol. The van der Waals surface area contributed by atoms with Crippen LogP contribution in [0.3, 0.4) is 0 Å². The third kappa shape index (κ3) is 3.02. The number of hydrogen-bond donors (Lipinski definition) is 2. The van der Waals surface area contributed by atoms with Gasteiger partial charge in [0.05, 0.1) is 10.6 Å². The normalized spacial score (nSPS) is 10.3. The summed E-state index contributed by atoms with van der Waals surface area (Å²) in [7, 11) is 0. The highest BCUT2D eigenvalue weighted by atomic mass is 32.1. The van der Waals surface area contributed by atoms with Crippen molar-refractivity contribution in [2.24, 2.45) is 5.73 Å². The van der Waals surface area contributed by atoms with Crippen molar-refractivity contribution in [3.63, 3.8) is 0 Å². The lowest BCUT2D eigenvalue weighted by Gasteiger charge is -2.11. The van der Waals surface area contributed by atoms with Gasteiger partial charge in [-0.05, 0) is 12.1 Å². The molecule has 2 rings (SSSR count). The molecule has 6 heteroatoms. The van der Waals surface area contributed by atoms with Crippen LogP contribution in [0.25, 0.3) is 0 Å². The number of halogens is 1. The number of hydrogen-bond acceptors (Lipinski definition) is 4. The second-order valence-corrected chi connectivity index (χ2v) is 5.05. The lowest BCUT2D eigenvalue weighted by Crippen LogP contribution is -2.16. The van der Waals surface area contributed by atoms with E-state index in [0.717, 1.165) is 11.4 Å². The zero-order chi connectivity index (χ0) is 13.0. The van der Waals surface area contributed by atoms with Gasteiger partial charge in [-0.2, -0.15) is 0 Å². The average Bonchev–Trinajstić information content (AvgIpc) is 2.81. The molecule has 0 spiro atoms. The molecule has 1 aromatic heterocycles. The lowest BCUT2D eigenvalue weighted by atomic mass is 10.1. The van der Waals surface area contributed by atoms with Gasteiger partial charge in [0.2, 0.25) is 0 Å². The molecule has 0 aliphatic heterocycles. The monoisotopic (exact) mass is 281 g/mol. The van der Waals surface area contributed by atoms with Crippen LogP contribution in [0.1, 0.15) is 10.6 Å². The summed E-state index contributed by atoms with van der Waals surface area (Å²) in [6.07, 6.45) is 2.55. The maximum Gasteiger partial charge on any atom is 0.135 e. The largest absolute Gasteiger partial charge is 0.389 e. The molecule has 94 valence electrons. The van der Waals surface area contributed by atoms with Crippen LogP contribution in [0.15, 0.2) is 29.8 Å². The van der Waals surface area contributed by atoms with Gasteiger partial charge in [-0.3, -0.25) is 0 Å². The highest BCUT2D eigenvalue weighted by molar-refractivity contribution is 7.80. The van der Waals surface area contributed by atoms with Crippen molar-refractivity contribution in [2.75, 3.05) is 11.9 Å². The predicted molar refractivity (Wildman–Crippen MR) is 76.6 cm³/mol. The molecule has 0 saturated carbocycles. The van der Waals surface area contributed by atoms with Gasteiger partial charge in [-0.15, -0.1) is 11.3 Å². The second kappa shape index (κ2) is 5.88. The fourth-order valence-corrected chi connectivity index (χ4v) is 2.43. The Balaban J connectivity index is 2.05. The number of nitrogens with two attached hydrogens (primary N) is 1. The van der Waals surface area contributed by atoms with E-state index in [1.54, 1.807) is 29.7 Å². The van der Waals surface area contributed by atoms with E-state index in [9.17, 15) is 4.39 Å². The van der Waals surface area contributed by atoms with Gasteiger partial charge in [0.1, 0.15) is 10.8 Å². The molecule has 0 aliphatic rings. The molecule has 0 radical (unpaired) electrons. The number of benzene rings is 1. The van der Waals surface area contributed by atoms with Crippen molar-refractivity contribution in [1.82, 2.24) is 4.98 Å². The molecule has 2 aromatic rings. The zero-order valence-corrected chi connectivity index (χ0v) is 11.2. The first kappa shape index (κ1) is 12.9. The lowest BCUT2D eigenvalue weighted by molar-refractivity contribution is 0.626. The van der Waals surface area contributed by atoms with E-state index in [4.69, 9.17) is 18.0 Å². The Morgan fingerprint density at radius 3 is 3.00 bits per heavy atom. The number of nitrogens with zero attached hydrogens (tertiary/aromatic N) is 1. The predicted octanol–water partition coefficient (Wildman–Crippen LogP) is 2.57. The molecule has 0 fully saturated rings. The topological polar surface area (TPSA) is 50.9 Å². The maximum absolute atomic E-state index is 13.6. The van der Waals surface area contributed by atoms with Gasteiger partial charge >= 0.3 is 0 Å². The molecule has 0 atom stereocenters. The van der Waals surface area contributed by atoms with Crippen molar-refractivity contribution in [2.45, 2.75) is 6.42 Å². The van der Waals surface area contributed by atoms with Crippen LogP contribution in [0, 0.1) is 5.82 Å². The molecule has 0 amide bonds. The number of thiocarbonyl (C=S) groups is 1. The van der Waals surface area contributed by atoms with Gasteiger partial charge in [0, 0.05) is 30.2 Å². The van der Waals surface area contributed by atoms with Crippen LogP contribution < -0.4 is 11.1 Å². The minimum Gasteiger partial charge on any atom is -0.389 e. The summed E-state index contributed by atoms with van der Waals surface area (Å²) in [5, 5.41) is 6.10. The van der Waals surface area contributed by atoms with Crippen molar-refractivity contribution in [3.8, 4) is 0 Å². The minimum atomic E-state index is -0.401. The van der Waals surface area contributed by atoms with Gasteiger partial charge in [-0.1, -0.05) is 18.3 Å². The van der Waals surface area contributed by atoms with Crippen molar-refractivity contribution in [1.29, 1.82) is 0 Å². The molecular formula is C12H12FN3S2. The fraction of sp³-hybridized carbons (Fsp3) is 0.167. The number of anilines is 1. The van der Waals surface area contributed by atoms with E-state index in [2.05, 4.69) is 10.3 Å². The maximum atomic E-state index is 13.6. The number of aromatic nitrogens is 1. The fourth-order valence-electron chi connectivity index (χ4n) is 1.60. The molecule has 1 aromatic carbocycles. The zero-order valence-electron chi connectivity index (χ0n) is 9.52. The Morgan fingerprint density at radius 2 is 2.33 bits per heavy atom. The molecule has 3 N–H and O–H groups in total. The Kier molecular flexibility index (Phi) is 4.22. The molecular weight excluding hydrogens is 269 g/mol. The van der Waals surface area contributed by atoms with E-state index in [-0.39, 0.29) is 10.6 Å². The summed E-state index contributed by atoms with van der Waals surface area (Å²) in [6, 6.07) is 4.74. The number of nitrogens with one attached hydrogen (secondary N) is 1. The van der Waals surface area contributed by atoms with Crippen LogP contribution in [-0.2, 0) is 6.42 Å². The van der Waals surface area contributed by atoms with Crippen molar-refractivity contribution >= 4 is 34.2 Å². The quantitative estimate of drug-likeness (QED) is 0.827. The Morgan fingerprint density at radius 1 is 1.50 bits per heavy atom. The highest BCUT2D eigenvalue weighted by Crippen LogP contribution is 2.19. The summed E-state index contributed by atoms with van der Waals surface area (Å²) >= 11 is 6.45. The first-order chi connectivity index (χ1) is 8.68. The van der Waals surface area contributed by atoms with Crippen LogP contribution in [0.4, 0.5) is 10.1 Å². The van der Waals surface area contributed by atoms with E-state index in [0.29, 0.717) is 12.2 Å². The smallest absolute Gasteiger partial charge is 0.135 e. The van der Waals surface area contributed by atoms with E-state index >= 15 is 0 Å². The van der Waals surface area contributed by atoms with Gasteiger partial charge in [0.25, 0.3) is 0 Å². The number of thiazole rings is 1. The van der Waals surface area contributed by atoms with Crippen molar-refractivity contribution < 1.29 is 4.39 Å². The molecule has 1 heterocycles. The highest BCUT2D eigenvalue weighted by Gasteiger charge is 2.10. The summed E-state index contributed by atoms with van der Waals surface area (Å²) in [6.45, 7) is 0.659. The summed E-state index contributed by atoms with van der Waals surface area (Å²) in [5.41, 5.74) is 6.42. The van der Waals surface area contributed by atoms with Crippen LogP contribution in [0.5, 0.6) is 0 Å². The molecule has 3 nitrogen and oxygen atoms in total. The van der Waals surface area contributed by atoms with Crippen LogP contribution in [-0.4, -0.2) is 16.5 Å². The third-order valence-electron chi connectivity index (χ3n) is 2.40. The summed E-state index contributed by atoms with van der Waals surface area (Å²) in [4.78, 5) is 4.24. The molecule has 0 aliphatic carbocycles. The first-order valence-electron chi connectivity index (χ1n) is 5.39. The van der Waals surface area contributed by atoms with Crippen LogP contribution in [0.2, 0.25) is 0 Å². The van der Waals surface area contributed by atoms with Gasteiger partial charge < -0.3 is 11.1 Å². The Hall–Kier alpha value is -1.53. The molecule has 0 bridgehead atoms. The van der Waals surface area contributed by atoms with E-state index in [1.807, 2.05) is 5.38 Å².